The zero-order valence-electron chi connectivity index (χ0n) is 29.2. The molecule has 3 aliphatic heterocycles. The van der Waals surface area contributed by atoms with E-state index in [-0.39, 0.29) is 95.0 Å². The number of terminal acetylenes is 1. The summed E-state index contributed by atoms with van der Waals surface area (Å²) in [4.78, 5) is 13.2. The van der Waals surface area contributed by atoms with Gasteiger partial charge in [0.2, 0.25) is 0 Å². The number of nitrogens with one attached hydrogen (secondary N) is 1. The highest BCUT2D eigenvalue weighted by Gasteiger charge is 2.72. The summed E-state index contributed by atoms with van der Waals surface area (Å²) in [6.45, 7) is 1.19. The quantitative estimate of drug-likeness (QED) is 0.138. The number of benzene rings is 3. The van der Waals surface area contributed by atoms with Crippen LogP contribution in [0, 0.1) is 29.4 Å². The number of aromatic nitrogens is 4. The van der Waals surface area contributed by atoms with Gasteiger partial charge in [0.1, 0.15) is 35.0 Å². The SMILES string of the molecule is C#Cc1c(F)ccc2cc(O)cc(-c3c(F)c4nc(OC[C@]5(CN6CCC(=C(F)F)CC6)CC5(F)F)nc(N5[C@@H]6CC[C@H]5CNC6)c4c4cn(C)nc34)c12. The Hall–Kier alpha value is -5.07. The minimum Gasteiger partial charge on any atom is -0.508 e. The Morgan fingerprint density at radius 1 is 1.06 bits per heavy atom. The molecule has 1 aliphatic carbocycles. The summed E-state index contributed by atoms with van der Waals surface area (Å²) in [5, 5.41) is 20.3. The van der Waals surface area contributed by atoms with E-state index in [9.17, 15) is 13.9 Å². The summed E-state index contributed by atoms with van der Waals surface area (Å²) in [5.74, 6) is -2.11. The molecule has 5 heterocycles. The van der Waals surface area contributed by atoms with Crippen LogP contribution in [-0.4, -0.2) is 87.1 Å². The normalized spacial score (nSPS) is 23.7. The van der Waals surface area contributed by atoms with Crippen molar-refractivity contribution in [1.82, 2.24) is 30.0 Å². The van der Waals surface area contributed by atoms with Crippen molar-refractivity contribution in [1.29, 1.82) is 0 Å². The zero-order valence-corrected chi connectivity index (χ0v) is 29.2. The maximum atomic E-state index is 17.6. The lowest BCUT2D eigenvalue weighted by Crippen LogP contribution is -2.52. The van der Waals surface area contributed by atoms with Gasteiger partial charge in [0.15, 0.2) is 5.82 Å². The predicted molar refractivity (Wildman–Crippen MR) is 191 cm³/mol. The first-order chi connectivity index (χ1) is 25.9. The Balaban J connectivity index is 1.21. The Bertz CT molecular complexity index is 2430. The van der Waals surface area contributed by atoms with E-state index in [0.29, 0.717) is 35.1 Å². The number of hydrogen-bond donors (Lipinski definition) is 2. The zero-order chi connectivity index (χ0) is 37.7. The molecule has 2 aromatic heterocycles. The monoisotopic (exact) mass is 747 g/mol. The number of halogens is 6. The molecule has 5 aromatic rings. The second-order valence-electron chi connectivity index (χ2n) is 15.0. The van der Waals surface area contributed by atoms with E-state index < -0.39 is 42.1 Å². The molecule has 2 bridgehead atoms. The van der Waals surface area contributed by atoms with Crippen LogP contribution < -0.4 is 15.0 Å². The van der Waals surface area contributed by atoms with Gasteiger partial charge in [-0.1, -0.05) is 12.0 Å². The summed E-state index contributed by atoms with van der Waals surface area (Å²) in [7, 11) is 1.68. The molecule has 9 nitrogen and oxygen atoms in total. The van der Waals surface area contributed by atoms with Crippen molar-refractivity contribution in [3.63, 3.8) is 0 Å². The third kappa shape index (κ3) is 5.44. The average molecular weight is 748 g/mol. The van der Waals surface area contributed by atoms with E-state index in [1.165, 1.54) is 28.9 Å². The second kappa shape index (κ2) is 12.5. The summed E-state index contributed by atoms with van der Waals surface area (Å²) >= 11 is 0. The largest absolute Gasteiger partial charge is 0.508 e. The maximum absolute atomic E-state index is 17.6. The number of hydrogen-bond acceptors (Lipinski definition) is 8. The van der Waals surface area contributed by atoms with Crippen LogP contribution in [0.4, 0.5) is 32.2 Å². The molecular weight excluding hydrogens is 712 g/mol. The Kier molecular flexibility index (Phi) is 8.02. The van der Waals surface area contributed by atoms with Crippen LogP contribution in [0.5, 0.6) is 11.8 Å². The molecule has 2 N–H and O–H groups in total. The molecule has 54 heavy (non-hydrogen) atoms. The molecule has 3 atom stereocenters. The highest BCUT2D eigenvalue weighted by Crippen LogP contribution is 2.61. The minimum absolute atomic E-state index is 0.00615. The van der Waals surface area contributed by atoms with Crippen LogP contribution in [0.3, 0.4) is 0 Å². The van der Waals surface area contributed by atoms with Gasteiger partial charge in [-0.25, -0.2) is 17.6 Å². The topological polar surface area (TPSA) is 91.6 Å². The molecule has 9 rings (SSSR count). The molecule has 4 fully saturated rings. The maximum Gasteiger partial charge on any atom is 0.319 e. The van der Waals surface area contributed by atoms with E-state index in [4.69, 9.17) is 16.1 Å². The van der Waals surface area contributed by atoms with Gasteiger partial charge in [0.05, 0.1) is 16.4 Å². The van der Waals surface area contributed by atoms with Crippen LogP contribution in [0.2, 0.25) is 0 Å². The molecule has 280 valence electrons. The van der Waals surface area contributed by atoms with Gasteiger partial charge in [-0.3, -0.25) is 4.68 Å². The first-order valence-electron chi connectivity index (χ1n) is 17.9. The number of alkyl halides is 2. The Labute approximate surface area is 305 Å². The van der Waals surface area contributed by atoms with Gasteiger partial charge in [0.25, 0.3) is 12.0 Å². The fourth-order valence-electron chi connectivity index (χ4n) is 8.85. The van der Waals surface area contributed by atoms with Crippen LogP contribution in [0.1, 0.15) is 37.7 Å². The lowest BCUT2D eigenvalue weighted by atomic mass is 9.91. The fourth-order valence-corrected chi connectivity index (χ4v) is 8.85. The van der Waals surface area contributed by atoms with Gasteiger partial charge >= 0.3 is 6.01 Å². The molecule has 4 aliphatic rings. The molecule has 0 unspecified atom stereocenters. The number of fused-ring (bicyclic) bond motifs is 6. The number of phenolic OH excluding ortho intramolecular Hbond substituents is 1. The van der Waals surface area contributed by atoms with E-state index in [0.717, 1.165) is 12.8 Å². The van der Waals surface area contributed by atoms with Crippen molar-refractivity contribution in [2.75, 3.05) is 44.2 Å². The lowest BCUT2D eigenvalue weighted by Gasteiger charge is -2.37. The van der Waals surface area contributed by atoms with Crippen molar-refractivity contribution in [3.05, 3.63) is 59.3 Å². The second-order valence-corrected chi connectivity index (χ2v) is 15.0. The first-order valence-corrected chi connectivity index (χ1v) is 17.9. The Morgan fingerprint density at radius 2 is 1.78 bits per heavy atom. The molecule has 0 spiro atoms. The fraction of sp³-hybridized carbons (Fsp3) is 0.410. The van der Waals surface area contributed by atoms with E-state index in [1.54, 1.807) is 18.1 Å². The van der Waals surface area contributed by atoms with E-state index >= 15 is 17.6 Å². The highest BCUT2D eigenvalue weighted by atomic mass is 19.3. The standard InChI is InChI=1S/C39H35F6N7O2/c1-3-25-28(40)7-4-21-12-24(53)13-26(29(21)25)30-32(41)34-31(27-16-50(2)49-33(27)30)36(52-22-5-6-23(52)15-46-14-22)48-37(47-34)54-19-38(17-39(38,44)45)18-51-10-8-20(9-11-51)35(42)43/h1,4,7,12-13,16,22-23,46,53H,5-6,8-11,14-15,17-19H2,2H3/t22-,23+,38-/m1/s1. The summed E-state index contributed by atoms with van der Waals surface area (Å²) in [6.07, 6.45) is 7.19. The van der Waals surface area contributed by atoms with Crippen molar-refractivity contribution in [2.24, 2.45) is 12.5 Å². The lowest BCUT2D eigenvalue weighted by molar-refractivity contribution is 0.0205. The summed E-state index contributed by atoms with van der Waals surface area (Å²) in [6, 6.07) is 5.04. The van der Waals surface area contributed by atoms with Crippen LogP contribution in [0.25, 0.3) is 43.7 Å². The number of aromatic hydroxyl groups is 1. The molecule has 0 amide bonds. The van der Waals surface area contributed by atoms with Gasteiger partial charge in [-0.15, -0.1) is 6.42 Å². The van der Waals surface area contributed by atoms with Gasteiger partial charge < -0.3 is 25.0 Å². The number of aryl methyl sites for hydroxylation is 1. The molecular formula is C39H35F6N7O2. The van der Waals surface area contributed by atoms with Gasteiger partial charge in [-0.2, -0.15) is 23.8 Å². The third-order valence-corrected chi connectivity index (χ3v) is 11.7. The number of phenols is 1. The molecule has 15 heteroatoms. The highest BCUT2D eigenvalue weighted by molar-refractivity contribution is 6.18. The van der Waals surface area contributed by atoms with Crippen molar-refractivity contribution < 1.29 is 36.2 Å². The number of piperazine rings is 1. The summed E-state index contributed by atoms with van der Waals surface area (Å²) in [5.41, 5.74) is -1.65. The summed E-state index contributed by atoms with van der Waals surface area (Å²) < 4.78 is 97.0. The predicted octanol–water partition coefficient (Wildman–Crippen LogP) is 6.89. The number of rotatable bonds is 7. The minimum atomic E-state index is -3.08. The first kappa shape index (κ1) is 34.7. The number of nitrogens with zero attached hydrogens (tertiary/aromatic N) is 6. The van der Waals surface area contributed by atoms with E-state index in [2.05, 4.69) is 26.2 Å². The molecule has 3 saturated heterocycles. The molecule has 1 saturated carbocycles. The smallest absolute Gasteiger partial charge is 0.319 e. The van der Waals surface area contributed by atoms with Gasteiger partial charge in [0, 0.05) is 80.8 Å². The van der Waals surface area contributed by atoms with Crippen molar-refractivity contribution in [3.8, 4) is 35.2 Å². The molecule has 3 aromatic carbocycles. The van der Waals surface area contributed by atoms with Crippen LogP contribution in [-0.2, 0) is 7.05 Å². The van der Waals surface area contributed by atoms with Gasteiger partial charge in [-0.05, 0) is 60.4 Å². The van der Waals surface area contributed by atoms with E-state index in [1.807, 2.05) is 0 Å². The van der Waals surface area contributed by atoms with Crippen LogP contribution in [0.15, 0.2) is 42.1 Å². The van der Waals surface area contributed by atoms with Crippen molar-refractivity contribution >= 4 is 38.4 Å². The van der Waals surface area contributed by atoms with Crippen molar-refractivity contribution in [2.45, 2.75) is 50.1 Å². The Morgan fingerprint density at radius 3 is 2.44 bits per heavy atom. The average Bonchev–Trinajstić information content (AvgIpc) is 3.32. The number of piperidine rings is 1. The number of likely N-dealkylation sites (tertiary alicyclic amines) is 1. The number of ether oxygens (including phenoxy) is 1. The number of anilines is 1. The van der Waals surface area contributed by atoms with Crippen LogP contribution >= 0.6 is 0 Å². The molecule has 0 radical (unpaired) electrons. The third-order valence-electron chi connectivity index (χ3n) is 11.7.